The van der Waals surface area contributed by atoms with Crippen molar-refractivity contribution in [2.75, 3.05) is 26.1 Å². The lowest BCUT2D eigenvalue weighted by Crippen LogP contribution is -2.32. The molecule has 75 heavy (non-hydrogen) atoms. The summed E-state index contributed by atoms with van der Waals surface area (Å²) in [4.78, 5) is 36.4. The van der Waals surface area contributed by atoms with Crippen LogP contribution < -0.4 is 24.0 Å². The van der Waals surface area contributed by atoms with Gasteiger partial charge in [-0.05, 0) is 140 Å². The summed E-state index contributed by atoms with van der Waals surface area (Å²) in [5.74, 6) is -3.54. The molecule has 13 heteroatoms. The number of para-hydroxylation sites is 1. The van der Waals surface area contributed by atoms with Crippen molar-refractivity contribution in [3.63, 3.8) is 0 Å². The number of carbonyl (C=O) groups is 3. The van der Waals surface area contributed by atoms with Crippen LogP contribution in [0.15, 0.2) is 140 Å². The molecule has 0 atom stereocenters. The van der Waals surface area contributed by atoms with Crippen LogP contribution in [0, 0.1) is 13.8 Å². The average molecular weight is 1010 g/mol. The van der Waals surface area contributed by atoms with Crippen LogP contribution in [0.4, 0.5) is 5.69 Å². The highest BCUT2D eigenvalue weighted by atomic mass is 16.5. The summed E-state index contributed by atoms with van der Waals surface area (Å²) in [7, 11) is 7.76. The second-order valence-electron chi connectivity index (χ2n) is 19.3. The molecule has 1 aliphatic rings. The van der Waals surface area contributed by atoms with Gasteiger partial charge in [-0.15, -0.1) is 0 Å². The standard InChI is InChI=1S/C26H28N3.C23H16O6.C13H16O4/c1-19-17-21(20(2)29(19)24-9-7-6-8-10-24)11-13-23-14-12-22-18-25(27(3)4)15-16-26(22)28(23)5;24-20-16(14-7-3-1-5-12(14)9-18(20)22(26)27)11-17-15-8-4-2-6-13(15)10-19(21(17)25)23(28)29;1-13(2)7-6-8-10(17-13)5-4-9(12(14)15)11(8)16-3/h6-18H,1-5H3;1-10,24-25H,11H2,(H,26,27)(H,28,29);4-5H,6-7H2,1-3H3,(H,14,15)/q+1;;/p-1. The van der Waals surface area contributed by atoms with Crippen molar-refractivity contribution < 1.29 is 54.0 Å². The molecule has 4 N–H and O–H groups in total. The molecule has 0 amide bonds. The number of pyridine rings is 1. The van der Waals surface area contributed by atoms with Gasteiger partial charge in [0.15, 0.2) is 0 Å². The Kier molecular flexibility index (Phi) is 15.0. The summed E-state index contributed by atoms with van der Waals surface area (Å²) < 4.78 is 15.6. The van der Waals surface area contributed by atoms with Gasteiger partial charge < -0.3 is 44.5 Å². The maximum atomic E-state index is 12.9. The van der Waals surface area contributed by atoms with Gasteiger partial charge in [-0.25, -0.2) is 14.4 Å². The van der Waals surface area contributed by atoms with E-state index in [1.54, 1.807) is 54.6 Å². The third-order valence-electron chi connectivity index (χ3n) is 13.7. The normalized spacial score (nSPS) is 12.5. The maximum absolute atomic E-state index is 12.9. The number of aromatic hydroxyl groups is 1. The molecular weight excluding hydrogens is 947 g/mol. The Morgan fingerprint density at radius 3 is 1.97 bits per heavy atom. The quantitative estimate of drug-likeness (QED) is 0.0956. The molecule has 0 spiro atoms. The van der Waals surface area contributed by atoms with Gasteiger partial charge in [-0.1, -0.05) is 72.5 Å². The summed E-state index contributed by atoms with van der Waals surface area (Å²) in [6.45, 7) is 8.39. The number of aromatic carboxylic acids is 3. The molecule has 382 valence electrons. The third kappa shape index (κ3) is 10.8. The molecule has 7 aromatic carbocycles. The van der Waals surface area contributed by atoms with E-state index >= 15 is 0 Å². The Bertz CT molecular complexity index is 3600. The number of anilines is 1. The highest BCUT2D eigenvalue weighted by Gasteiger charge is 2.30. The number of hydrogen-bond donors (Lipinski definition) is 4. The number of hydrogen-bond acceptors (Lipinski definition) is 8. The molecule has 1 aliphatic heterocycles. The van der Waals surface area contributed by atoms with Crippen molar-refractivity contribution in [2.24, 2.45) is 7.05 Å². The van der Waals surface area contributed by atoms with Crippen LogP contribution in [0.2, 0.25) is 0 Å². The first-order valence-corrected chi connectivity index (χ1v) is 24.3. The van der Waals surface area contributed by atoms with Gasteiger partial charge >= 0.3 is 17.9 Å². The number of benzene rings is 7. The van der Waals surface area contributed by atoms with Crippen molar-refractivity contribution in [3.8, 4) is 28.7 Å². The van der Waals surface area contributed by atoms with Crippen LogP contribution in [0.3, 0.4) is 0 Å². The van der Waals surface area contributed by atoms with E-state index in [9.17, 15) is 34.8 Å². The minimum Gasteiger partial charge on any atom is -0.872 e. The van der Waals surface area contributed by atoms with Gasteiger partial charge in [0.2, 0.25) is 11.2 Å². The van der Waals surface area contributed by atoms with Gasteiger partial charge in [0.05, 0.1) is 12.7 Å². The number of nitrogens with zero attached hydrogens (tertiary/aromatic N) is 3. The number of carboxylic acid groups (broad SMARTS) is 3. The summed E-state index contributed by atoms with van der Waals surface area (Å²) in [6, 6.07) is 43.5. The Morgan fingerprint density at radius 2 is 1.35 bits per heavy atom. The van der Waals surface area contributed by atoms with Crippen LogP contribution in [0.1, 0.15) is 90.7 Å². The van der Waals surface area contributed by atoms with Crippen LogP contribution in [-0.2, 0) is 19.9 Å². The van der Waals surface area contributed by atoms with E-state index in [2.05, 4.69) is 128 Å². The number of rotatable bonds is 10. The minimum absolute atomic E-state index is 0.103. The number of aryl methyl sites for hydroxylation is 2. The monoisotopic (exact) mass is 1010 g/mol. The molecule has 3 heterocycles. The lowest BCUT2D eigenvalue weighted by atomic mass is 9.90. The van der Waals surface area contributed by atoms with Gasteiger partial charge in [0.1, 0.15) is 41.0 Å². The molecule has 0 saturated heterocycles. The molecule has 10 rings (SSSR count). The molecule has 13 nitrogen and oxygen atoms in total. The summed E-state index contributed by atoms with van der Waals surface area (Å²) in [5, 5.41) is 55.1. The van der Waals surface area contributed by atoms with Gasteiger partial charge in [0.25, 0.3) is 0 Å². The van der Waals surface area contributed by atoms with Crippen LogP contribution in [-0.4, -0.2) is 69.7 Å². The topological polar surface area (TPSA) is 186 Å². The number of carboxylic acids is 3. The van der Waals surface area contributed by atoms with E-state index in [-0.39, 0.29) is 39.8 Å². The number of methoxy groups -OCH3 is 1. The Hall–Kier alpha value is -9.10. The van der Waals surface area contributed by atoms with E-state index in [4.69, 9.17) is 14.6 Å². The lowest BCUT2D eigenvalue weighted by Gasteiger charge is -2.33. The molecule has 9 aromatic rings. The first-order valence-electron chi connectivity index (χ1n) is 24.3. The molecule has 0 fully saturated rings. The first-order chi connectivity index (χ1) is 35.8. The molecule has 0 radical (unpaired) electrons. The number of phenols is 1. The second-order valence-corrected chi connectivity index (χ2v) is 19.3. The number of ether oxygens (including phenoxy) is 2. The van der Waals surface area contributed by atoms with E-state index < -0.39 is 29.4 Å². The van der Waals surface area contributed by atoms with Crippen molar-refractivity contribution in [1.82, 2.24) is 4.57 Å². The predicted molar refractivity (Wildman–Crippen MR) is 292 cm³/mol. The summed E-state index contributed by atoms with van der Waals surface area (Å²) in [6.07, 6.45) is 5.94. The average Bonchev–Trinajstić information content (AvgIpc) is 3.68. The van der Waals surface area contributed by atoms with Crippen LogP contribution in [0.5, 0.6) is 23.0 Å². The van der Waals surface area contributed by atoms with Crippen molar-refractivity contribution in [3.05, 3.63) is 196 Å². The smallest absolute Gasteiger partial charge is 0.339 e. The summed E-state index contributed by atoms with van der Waals surface area (Å²) >= 11 is 0. The number of aromatic nitrogens is 2. The van der Waals surface area contributed by atoms with Gasteiger partial charge in [-0.2, -0.15) is 4.57 Å². The Labute approximate surface area is 435 Å². The fourth-order valence-electron chi connectivity index (χ4n) is 9.75. The Morgan fingerprint density at radius 1 is 0.733 bits per heavy atom. The van der Waals surface area contributed by atoms with E-state index in [0.717, 1.165) is 24.2 Å². The predicted octanol–water partition coefficient (Wildman–Crippen LogP) is 11.6. The zero-order valence-electron chi connectivity index (χ0n) is 43.1. The number of fused-ring (bicyclic) bond motifs is 4. The molecule has 0 unspecified atom stereocenters. The van der Waals surface area contributed by atoms with E-state index in [0.29, 0.717) is 27.3 Å². The van der Waals surface area contributed by atoms with E-state index in [1.807, 2.05) is 13.8 Å². The third-order valence-corrected chi connectivity index (χ3v) is 13.7. The molecular formula is C62H59N3O10. The highest BCUT2D eigenvalue weighted by Crippen LogP contribution is 2.41. The largest absolute Gasteiger partial charge is 0.872 e. The molecule has 0 bridgehead atoms. The fourth-order valence-corrected chi connectivity index (χ4v) is 9.75. The summed E-state index contributed by atoms with van der Waals surface area (Å²) in [5.41, 5.74) is 9.24. The minimum atomic E-state index is -1.34. The molecule has 0 aliphatic carbocycles. The lowest BCUT2D eigenvalue weighted by molar-refractivity contribution is -0.646. The Balaban J connectivity index is 0.000000155. The van der Waals surface area contributed by atoms with Crippen molar-refractivity contribution in [2.45, 2.75) is 52.6 Å². The SMILES string of the molecule is COc1c(C(=O)O)ccc2c1CCC(C)(C)O2.Cc1cc(C=Cc2ccc3cc(N(C)C)ccc3[n+]2C)c(C)n1-c1ccccc1.O=C(O)c1cc2ccccc2c(Cc2c(O)c(C(=O)O)cc3ccccc23)c1[O-]. The molecule has 2 aromatic heterocycles. The first kappa shape index (κ1) is 52.2. The molecule has 0 saturated carbocycles. The zero-order valence-corrected chi connectivity index (χ0v) is 43.1. The zero-order chi connectivity index (χ0) is 53.9. The van der Waals surface area contributed by atoms with E-state index in [1.165, 1.54) is 70.2 Å². The highest BCUT2D eigenvalue weighted by molar-refractivity contribution is 6.02. The van der Waals surface area contributed by atoms with Crippen LogP contribution >= 0.6 is 0 Å². The maximum Gasteiger partial charge on any atom is 0.339 e. The van der Waals surface area contributed by atoms with Gasteiger partial charge in [0, 0.05) is 78.0 Å². The van der Waals surface area contributed by atoms with Crippen LogP contribution in [0.25, 0.3) is 50.3 Å². The van der Waals surface area contributed by atoms with Crippen molar-refractivity contribution >= 4 is 68.2 Å². The fraction of sp³-hybridized carbons (Fsp3) is 0.194. The second kappa shape index (κ2) is 21.5. The van der Waals surface area contributed by atoms with Gasteiger partial charge in [-0.3, -0.25) is 0 Å². The van der Waals surface area contributed by atoms with Crippen molar-refractivity contribution in [1.29, 1.82) is 0 Å².